The van der Waals surface area contributed by atoms with Gasteiger partial charge in [-0.2, -0.15) is 13.2 Å². The van der Waals surface area contributed by atoms with Crippen LogP contribution in [0.3, 0.4) is 0 Å². The number of ketones is 1. The van der Waals surface area contributed by atoms with E-state index in [0.29, 0.717) is 25.0 Å². The van der Waals surface area contributed by atoms with E-state index in [0.717, 1.165) is 6.07 Å². The first-order valence-corrected chi connectivity index (χ1v) is 6.22. The summed E-state index contributed by atoms with van der Waals surface area (Å²) >= 11 is 0. The number of carbonyl (C=O) groups excluding carboxylic acids is 2. The lowest BCUT2D eigenvalue weighted by Gasteiger charge is -2.09. The molecule has 0 atom stereocenters. The highest BCUT2D eigenvalue weighted by atomic mass is 19.4. The molecule has 0 amide bonds. The Morgan fingerprint density at radius 3 is 2.33 bits per heavy atom. The topological polar surface area (TPSA) is 43.4 Å². The molecular formula is C14H14F4O3. The number of hydrogen-bond acceptors (Lipinski definition) is 3. The fourth-order valence-electron chi connectivity index (χ4n) is 1.72. The molecule has 0 radical (unpaired) electrons. The molecule has 0 bridgehead atoms. The number of hydrogen-bond donors (Lipinski definition) is 0. The lowest BCUT2D eigenvalue weighted by molar-refractivity contribution is -0.141. The second-order valence-corrected chi connectivity index (χ2v) is 4.40. The number of Topliss-reactive ketones (excluding diaryl/α,β-unsaturated/α-hetero) is 1. The SMILES string of the molecule is COC(=O)CCCCC(=O)c1ccc(F)c(C(F)(F)F)c1. The van der Waals surface area contributed by atoms with Gasteiger partial charge in [0.1, 0.15) is 5.82 Å². The van der Waals surface area contributed by atoms with Crippen LogP contribution in [0.4, 0.5) is 17.6 Å². The maximum absolute atomic E-state index is 13.1. The Kier molecular flexibility index (Phi) is 5.87. The van der Waals surface area contributed by atoms with Gasteiger partial charge in [0.2, 0.25) is 0 Å². The zero-order valence-corrected chi connectivity index (χ0v) is 11.3. The van der Waals surface area contributed by atoms with Gasteiger partial charge in [0.25, 0.3) is 0 Å². The lowest BCUT2D eigenvalue weighted by atomic mass is 10.0. The molecule has 0 saturated carbocycles. The van der Waals surface area contributed by atoms with Gasteiger partial charge in [-0.05, 0) is 31.0 Å². The summed E-state index contributed by atoms with van der Waals surface area (Å²) in [7, 11) is 1.24. The molecule has 0 N–H and O–H groups in total. The van der Waals surface area contributed by atoms with Crippen LogP contribution < -0.4 is 0 Å². The summed E-state index contributed by atoms with van der Waals surface area (Å²) in [4.78, 5) is 22.6. The van der Waals surface area contributed by atoms with Crippen molar-refractivity contribution in [1.29, 1.82) is 0 Å². The van der Waals surface area contributed by atoms with Crippen LogP contribution in [0.15, 0.2) is 18.2 Å². The molecule has 0 fully saturated rings. The van der Waals surface area contributed by atoms with Crippen LogP contribution in [-0.2, 0) is 15.7 Å². The van der Waals surface area contributed by atoms with Crippen molar-refractivity contribution < 1.29 is 31.9 Å². The van der Waals surface area contributed by atoms with Gasteiger partial charge < -0.3 is 4.74 Å². The van der Waals surface area contributed by atoms with Gasteiger partial charge in [0.05, 0.1) is 12.7 Å². The summed E-state index contributed by atoms with van der Waals surface area (Å²) in [6.45, 7) is 0. The van der Waals surface area contributed by atoms with Crippen LogP contribution in [0.2, 0.25) is 0 Å². The molecule has 1 aromatic rings. The van der Waals surface area contributed by atoms with Gasteiger partial charge in [-0.25, -0.2) is 4.39 Å². The van der Waals surface area contributed by atoms with Crippen LogP contribution in [0.1, 0.15) is 41.6 Å². The number of methoxy groups -OCH3 is 1. The zero-order chi connectivity index (χ0) is 16.0. The van der Waals surface area contributed by atoms with E-state index in [1.165, 1.54) is 7.11 Å². The molecule has 0 aromatic heterocycles. The minimum Gasteiger partial charge on any atom is -0.469 e. The molecule has 0 unspecified atom stereocenters. The Labute approximate surface area is 118 Å². The van der Waals surface area contributed by atoms with E-state index in [-0.39, 0.29) is 18.4 Å². The Balaban J connectivity index is 2.65. The molecule has 7 heteroatoms. The predicted molar refractivity (Wildman–Crippen MR) is 66.2 cm³/mol. The van der Waals surface area contributed by atoms with Crippen molar-refractivity contribution in [1.82, 2.24) is 0 Å². The predicted octanol–water partition coefficient (Wildman–Crippen LogP) is 3.76. The van der Waals surface area contributed by atoms with Crippen LogP contribution in [0.25, 0.3) is 0 Å². The first kappa shape index (κ1) is 17.1. The molecule has 0 aliphatic carbocycles. The second kappa shape index (κ2) is 7.19. The Morgan fingerprint density at radius 2 is 1.76 bits per heavy atom. The number of rotatable bonds is 6. The third-order valence-corrected chi connectivity index (χ3v) is 2.86. The van der Waals surface area contributed by atoms with Crippen molar-refractivity contribution in [3.8, 4) is 0 Å². The molecule has 0 aliphatic rings. The van der Waals surface area contributed by atoms with E-state index in [1.807, 2.05) is 0 Å². The van der Waals surface area contributed by atoms with Crippen LogP contribution in [0.5, 0.6) is 0 Å². The van der Waals surface area contributed by atoms with Gasteiger partial charge in [-0.1, -0.05) is 0 Å². The van der Waals surface area contributed by atoms with Gasteiger partial charge in [-0.15, -0.1) is 0 Å². The van der Waals surface area contributed by atoms with E-state index in [9.17, 15) is 27.2 Å². The summed E-state index contributed by atoms with van der Waals surface area (Å²) in [5.41, 5.74) is -1.65. The van der Waals surface area contributed by atoms with E-state index < -0.39 is 29.3 Å². The minimum atomic E-state index is -4.84. The summed E-state index contributed by atoms with van der Waals surface area (Å²) < 4.78 is 55.1. The molecule has 0 aliphatic heterocycles. The van der Waals surface area contributed by atoms with Gasteiger partial charge in [0, 0.05) is 18.4 Å². The standard InChI is InChI=1S/C14H14F4O3/c1-21-13(20)5-3-2-4-12(19)9-6-7-11(15)10(8-9)14(16,17)18/h6-8H,2-5H2,1H3. The van der Waals surface area contributed by atoms with Gasteiger partial charge >= 0.3 is 12.1 Å². The van der Waals surface area contributed by atoms with Crippen molar-refractivity contribution >= 4 is 11.8 Å². The first-order valence-electron chi connectivity index (χ1n) is 6.22. The van der Waals surface area contributed by atoms with E-state index >= 15 is 0 Å². The molecule has 1 rings (SSSR count). The van der Waals surface area contributed by atoms with Crippen LogP contribution in [-0.4, -0.2) is 18.9 Å². The largest absolute Gasteiger partial charge is 0.469 e. The first-order chi connectivity index (χ1) is 9.75. The monoisotopic (exact) mass is 306 g/mol. The second-order valence-electron chi connectivity index (χ2n) is 4.40. The van der Waals surface area contributed by atoms with E-state index in [1.54, 1.807) is 0 Å². The fraction of sp³-hybridized carbons (Fsp3) is 0.429. The molecule has 1 aromatic carbocycles. The number of alkyl halides is 3. The number of ether oxygens (including phenoxy) is 1. The molecule has 21 heavy (non-hydrogen) atoms. The molecule has 0 heterocycles. The van der Waals surface area contributed by atoms with E-state index in [2.05, 4.69) is 4.74 Å². The van der Waals surface area contributed by atoms with Crippen molar-refractivity contribution in [3.05, 3.63) is 35.1 Å². The molecular weight excluding hydrogens is 292 g/mol. The van der Waals surface area contributed by atoms with Crippen molar-refractivity contribution in [2.24, 2.45) is 0 Å². The molecule has 116 valence electrons. The maximum Gasteiger partial charge on any atom is 0.419 e. The smallest absolute Gasteiger partial charge is 0.419 e. The average Bonchev–Trinajstić information content (AvgIpc) is 2.42. The third kappa shape index (κ3) is 5.17. The lowest BCUT2D eigenvalue weighted by Crippen LogP contribution is -2.10. The summed E-state index contributed by atoms with van der Waals surface area (Å²) in [6, 6.07) is 2.16. The number of benzene rings is 1. The quantitative estimate of drug-likeness (QED) is 0.348. The van der Waals surface area contributed by atoms with Crippen molar-refractivity contribution in [2.45, 2.75) is 31.9 Å². The minimum absolute atomic E-state index is 0.0140. The third-order valence-electron chi connectivity index (χ3n) is 2.86. The molecule has 0 saturated heterocycles. The van der Waals surface area contributed by atoms with E-state index in [4.69, 9.17) is 0 Å². The highest BCUT2D eigenvalue weighted by molar-refractivity contribution is 5.96. The zero-order valence-electron chi connectivity index (χ0n) is 11.3. The molecule has 0 spiro atoms. The van der Waals surface area contributed by atoms with Crippen LogP contribution in [0, 0.1) is 5.82 Å². The normalized spacial score (nSPS) is 11.3. The summed E-state index contributed by atoms with van der Waals surface area (Å²) in [5.74, 6) is -2.35. The Hall–Kier alpha value is -1.92. The number of carbonyl (C=O) groups is 2. The Bertz CT molecular complexity index is 523. The highest BCUT2D eigenvalue weighted by Gasteiger charge is 2.34. The van der Waals surface area contributed by atoms with Gasteiger partial charge in [-0.3, -0.25) is 9.59 Å². The number of esters is 1. The molecule has 3 nitrogen and oxygen atoms in total. The van der Waals surface area contributed by atoms with Crippen LogP contribution >= 0.6 is 0 Å². The number of halogens is 4. The maximum atomic E-state index is 13.1. The highest BCUT2D eigenvalue weighted by Crippen LogP contribution is 2.32. The van der Waals surface area contributed by atoms with Crippen molar-refractivity contribution in [3.63, 3.8) is 0 Å². The average molecular weight is 306 g/mol. The number of unbranched alkanes of at least 4 members (excludes halogenated alkanes) is 1. The summed E-state index contributed by atoms with van der Waals surface area (Å²) in [6.07, 6.45) is -3.98. The fourth-order valence-corrected chi connectivity index (χ4v) is 1.72. The van der Waals surface area contributed by atoms with Gasteiger partial charge in [0.15, 0.2) is 5.78 Å². The summed E-state index contributed by atoms with van der Waals surface area (Å²) in [5, 5.41) is 0. The van der Waals surface area contributed by atoms with Crippen molar-refractivity contribution in [2.75, 3.05) is 7.11 Å². The Morgan fingerprint density at radius 1 is 1.14 bits per heavy atom.